The molecule has 2 N–H and O–H groups in total. The molecule has 96 valence electrons. The van der Waals surface area contributed by atoms with Crippen LogP contribution in [0.15, 0.2) is 0 Å². The van der Waals surface area contributed by atoms with Crippen LogP contribution < -0.4 is 5.73 Å². The Hall–Kier alpha value is -0.0800. The van der Waals surface area contributed by atoms with E-state index in [1.54, 1.807) is 0 Å². The molecule has 0 aromatic carbocycles. The van der Waals surface area contributed by atoms with Crippen LogP contribution in [0, 0.1) is 11.3 Å². The van der Waals surface area contributed by atoms with Crippen molar-refractivity contribution < 1.29 is 0 Å². The highest BCUT2D eigenvalue weighted by atomic mass is 15.1. The molecule has 2 unspecified atom stereocenters. The van der Waals surface area contributed by atoms with Crippen molar-refractivity contribution in [1.82, 2.24) is 4.90 Å². The minimum absolute atomic E-state index is 0.356. The molecule has 0 heterocycles. The van der Waals surface area contributed by atoms with E-state index in [1.807, 2.05) is 0 Å². The molecule has 2 heteroatoms. The second-order valence-electron chi connectivity index (χ2n) is 6.11. The van der Waals surface area contributed by atoms with Gasteiger partial charge in [-0.25, -0.2) is 0 Å². The highest BCUT2D eigenvalue weighted by Crippen LogP contribution is 2.40. The molecule has 16 heavy (non-hydrogen) atoms. The molecule has 1 saturated carbocycles. The Morgan fingerprint density at radius 1 is 1.19 bits per heavy atom. The molecule has 0 amide bonds. The van der Waals surface area contributed by atoms with E-state index in [0.29, 0.717) is 17.4 Å². The van der Waals surface area contributed by atoms with Gasteiger partial charge in [0, 0.05) is 12.6 Å². The van der Waals surface area contributed by atoms with E-state index in [0.717, 1.165) is 0 Å². The van der Waals surface area contributed by atoms with Crippen LogP contribution in [0.3, 0.4) is 0 Å². The summed E-state index contributed by atoms with van der Waals surface area (Å²) in [4.78, 5) is 2.60. The summed E-state index contributed by atoms with van der Waals surface area (Å²) in [5.74, 6) is 0.716. The first-order chi connectivity index (χ1) is 7.51. The van der Waals surface area contributed by atoms with Gasteiger partial charge in [0.2, 0.25) is 0 Å². The molecule has 0 spiro atoms. The first-order valence-corrected chi connectivity index (χ1v) is 6.99. The topological polar surface area (TPSA) is 29.3 Å². The third-order valence-electron chi connectivity index (χ3n) is 4.14. The third kappa shape index (κ3) is 3.46. The first kappa shape index (κ1) is 14.0. The minimum atomic E-state index is 0.356. The van der Waals surface area contributed by atoms with Crippen LogP contribution in [-0.2, 0) is 0 Å². The molecule has 2 nitrogen and oxygen atoms in total. The normalized spacial score (nSPS) is 28.9. The molecular weight excluding hydrogens is 196 g/mol. The summed E-state index contributed by atoms with van der Waals surface area (Å²) < 4.78 is 0. The smallest absolute Gasteiger partial charge is 0.0131 e. The molecule has 0 aliphatic heterocycles. The molecule has 2 atom stereocenters. The largest absolute Gasteiger partial charge is 0.327 e. The van der Waals surface area contributed by atoms with Crippen molar-refractivity contribution in [2.75, 3.05) is 19.6 Å². The predicted octanol–water partition coefficient (Wildman–Crippen LogP) is 2.87. The SMILES string of the molecule is CCCN(CCC)CC1CCC(C)(C)C1N. The molecule has 1 aliphatic rings. The fourth-order valence-corrected chi connectivity index (χ4v) is 3.01. The van der Waals surface area contributed by atoms with Gasteiger partial charge < -0.3 is 10.6 Å². The number of hydrogen-bond donors (Lipinski definition) is 1. The average molecular weight is 226 g/mol. The van der Waals surface area contributed by atoms with E-state index in [2.05, 4.69) is 32.6 Å². The van der Waals surface area contributed by atoms with Crippen LogP contribution in [-0.4, -0.2) is 30.6 Å². The number of hydrogen-bond acceptors (Lipinski definition) is 2. The zero-order valence-electron chi connectivity index (χ0n) is 11.6. The molecule has 0 saturated heterocycles. The molecule has 0 aromatic rings. The molecule has 1 fully saturated rings. The maximum Gasteiger partial charge on any atom is 0.0131 e. The fourth-order valence-electron chi connectivity index (χ4n) is 3.01. The monoisotopic (exact) mass is 226 g/mol. The van der Waals surface area contributed by atoms with Gasteiger partial charge in [0.05, 0.1) is 0 Å². The maximum atomic E-state index is 6.37. The lowest BCUT2D eigenvalue weighted by Crippen LogP contribution is -2.42. The van der Waals surface area contributed by atoms with E-state index in [1.165, 1.54) is 45.3 Å². The van der Waals surface area contributed by atoms with Crippen molar-refractivity contribution in [1.29, 1.82) is 0 Å². The summed E-state index contributed by atoms with van der Waals surface area (Å²) in [5.41, 5.74) is 6.73. The highest BCUT2D eigenvalue weighted by molar-refractivity contribution is 4.95. The van der Waals surface area contributed by atoms with Crippen LogP contribution in [0.25, 0.3) is 0 Å². The fraction of sp³-hybridized carbons (Fsp3) is 1.00. The average Bonchev–Trinajstić information content (AvgIpc) is 2.46. The molecule has 0 aromatic heterocycles. The second kappa shape index (κ2) is 6.02. The van der Waals surface area contributed by atoms with Gasteiger partial charge in [0.1, 0.15) is 0 Å². The van der Waals surface area contributed by atoms with Crippen molar-refractivity contribution in [2.24, 2.45) is 17.1 Å². The summed E-state index contributed by atoms with van der Waals surface area (Å²) in [6.07, 6.45) is 5.12. The summed E-state index contributed by atoms with van der Waals surface area (Å²) in [5, 5.41) is 0. The van der Waals surface area contributed by atoms with Crippen molar-refractivity contribution in [3.8, 4) is 0 Å². The third-order valence-corrected chi connectivity index (χ3v) is 4.14. The maximum absolute atomic E-state index is 6.37. The lowest BCUT2D eigenvalue weighted by atomic mass is 9.85. The zero-order valence-corrected chi connectivity index (χ0v) is 11.6. The quantitative estimate of drug-likeness (QED) is 0.754. The van der Waals surface area contributed by atoms with Crippen molar-refractivity contribution in [3.05, 3.63) is 0 Å². The Morgan fingerprint density at radius 3 is 2.12 bits per heavy atom. The van der Waals surface area contributed by atoms with E-state index in [4.69, 9.17) is 5.73 Å². The standard InChI is InChI=1S/C14H30N2/c1-5-9-16(10-6-2)11-12-7-8-14(3,4)13(12)15/h12-13H,5-11,15H2,1-4H3. The predicted molar refractivity (Wildman–Crippen MR) is 71.5 cm³/mol. The van der Waals surface area contributed by atoms with Gasteiger partial charge in [-0.2, -0.15) is 0 Å². The van der Waals surface area contributed by atoms with E-state index in [9.17, 15) is 0 Å². The molecular formula is C14H30N2. The summed E-state index contributed by atoms with van der Waals surface area (Å²) >= 11 is 0. The van der Waals surface area contributed by atoms with Gasteiger partial charge in [-0.05, 0) is 50.1 Å². The summed E-state index contributed by atoms with van der Waals surface area (Å²) in [6, 6.07) is 0.392. The number of rotatable bonds is 6. The first-order valence-electron chi connectivity index (χ1n) is 6.99. The Balaban J connectivity index is 2.46. The van der Waals surface area contributed by atoms with Crippen molar-refractivity contribution in [2.45, 2.75) is 59.4 Å². The minimum Gasteiger partial charge on any atom is -0.327 e. The van der Waals surface area contributed by atoms with Crippen molar-refractivity contribution in [3.63, 3.8) is 0 Å². The Morgan fingerprint density at radius 2 is 1.75 bits per heavy atom. The Kier molecular flexibility index (Phi) is 5.26. The van der Waals surface area contributed by atoms with Gasteiger partial charge >= 0.3 is 0 Å². The molecule has 0 radical (unpaired) electrons. The number of nitrogens with two attached hydrogens (primary N) is 1. The number of nitrogens with zero attached hydrogens (tertiary/aromatic N) is 1. The summed E-state index contributed by atoms with van der Waals surface area (Å²) in [6.45, 7) is 12.9. The van der Waals surface area contributed by atoms with Gasteiger partial charge in [0.15, 0.2) is 0 Å². The van der Waals surface area contributed by atoms with E-state index < -0.39 is 0 Å². The summed E-state index contributed by atoms with van der Waals surface area (Å²) in [7, 11) is 0. The van der Waals surface area contributed by atoms with Crippen LogP contribution >= 0.6 is 0 Å². The van der Waals surface area contributed by atoms with Gasteiger partial charge in [-0.3, -0.25) is 0 Å². The van der Waals surface area contributed by atoms with Gasteiger partial charge in [0.25, 0.3) is 0 Å². The molecule has 1 rings (SSSR count). The molecule has 0 bridgehead atoms. The van der Waals surface area contributed by atoms with Crippen molar-refractivity contribution >= 4 is 0 Å². The van der Waals surface area contributed by atoms with Crippen LogP contribution in [0.4, 0.5) is 0 Å². The lowest BCUT2D eigenvalue weighted by molar-refractivity contribution is 0.204. The van der Waals surface area contributed by atoms with E-state index >= 15 is 0 Å². The van der Waals surface area contributed by atoms with Crippen LogP contribution in [0.5, 0.6) is 0 Å². The van der Waals surface area contributed by atoms with Crippen LogP contribution in [0.1, 0.15) is 53.4 Å². The van der Waals surface area contributed by atoms with E-state index in [-0.39, 0.29) is 0 Å². The second-order valence-corrected chi connectivity index (χ2v) is 6.11. The molecule has 1 aliphatic carbocycles. The van der Waals surface area contributed by atoms with Gasteiger partial charge in [-0.15, -0.1) is 0 Å². The van der Waals surface area contributed by atoms with Gasteiger partial charge in [-0.1, -0.05) is 27.7 Å². The Bertz CT molecular complexity index is 195. The Labute approximate surface area is 102 Å². The van der Waals surface area contributed by atoms with Crippen LogP contribution in [0.2, 0.25) is 0 Å². The lowest BCUT2D eigenvalue weighted by Gasteiger charge is -2.30. The highest BCUT2D eigenvalue weighted by Gasteiger charge is 2.39. The zero-order chi connectivity index (χ0) is 12.2.